The number of aliphatic hydroxyl groups excluding tert-OH is 1. The number of nitrogens with one attached hydrogen (secondary N) is 2. The molecule has 2 atom stereocenters. The summed E-state index contributed by atoms with van der Waals surface area (Å²) >= 11 is 2.50. The first-order valence-electron chi connectivity index (χ1n) is 10.3. The number of anilines is 1. The number of hydrogen-bond donors (Lipinski definition) is 5. The second-order valence-corrected chi connectivity index (χ2v) is 11.5. The summed E-state index contributed by atoms with van der Waals surface area (Å²) in [6.07, 6.45) is 0.714. The van der Waals surface area contributed by atoms with Gasteiger partial charge in [-0.2, -0.15) is 0 Å². The predicted molar refractivity (Wildman–Crippen MR) is 129 cm³/mol. The first kappa shape index (κ1) is 25.8. The fraction of sp³-hybridized carbons (Fsp3) is 0.450. The van der Waals surface area contributed by atoms with Crippen molar-refractivity contribution < 1.29 is 24.0 Å². The summed E-state index contributed by atoms with van der Waals surface area (Å²) < 4.78 is 17.7. The second-order valence-electron chi connectivity index (χ2n) is 7.92. The molecule has 1 unspecified atom stereocenters. The van der Waals surface area contributed by atoms with Crippen molar-refractivity contribution in [3.05, 3.63) is 40.7 Å². The zero-order valence-electron chi connectivity index (χ0n) is 18.5. The summed E-state index contributed by atoms with van der Waals surface area (Å²) in [6, 6.07) is 9.64. The van der Waals surface area contributed by atoms with E-state index in [2.05, 4.69) is 33.7 Å². The maximum absolute atomic E-state index is 11.2. The number of benzene rings is 1. The smallest absolute Gasteiger partial charge is 0.394 e. The van der Waals surface area contributed by atoms with Crippen molar-refractivity contribution in [3.63, 3.8) is 0 Å². The lowest BCUT2D eigenvalue weighted by Crippen LogP contribution is -2.26. The lowest BCUT2D eigenvalue weighted by molar-refractivity contribution is 0.154. The molecule has 0 aliphatic carbocycles. The molecule has 3 rings (SSSR count). The summed E-state index contributed by atoms with van der Waals surface area (Å²) in [5.41, 5.74) is 1.43. The van der Waals surface area contributed by atoms with E-state index in [1.807, 2.05) is 37.3 Å². The molecule has 3 aromatic rings. The molecule has 0 spiro atoms. The molecule has 0 saturated carbocycles. The molecule has 10 nitrogen and oxygen atoms in total. The zero-order chi connectivity index (χ0) is 24.2. The highest BCUT2D eigenvalue weighted by atomic mass is 32.2. The summed E-state index contributed by atoms with van der Waals surface area (Å²) in [6.45, 7) is 5.54. The minimum atomic E-state index is -4.73. The van der Waals surface area contributed by atoms with Gasteiger partial charge in [-0.1, -0.05) is 67.3 Å². The molecule has 0 fully saturated rings. The van der Waals surface area contributed by atoms with Gasteiger partial charge in [0, 0.05) is 5.25 Å². The van der Waals surface area contributed by atoms with Crippen LogP contribution in [0.1, 0.15) is 38.0 Å². The lowest BCUT2D eigenvalue weighted by Gasteiger charge is -2.20. The van der Waals surface area contributed by atoms with Crippen LogP contribution in [-0.4, -0.2) is 42.1 Å². The molecule has 1 aromatic carbocycles. The number of aliphatic hydroxyl groups is 1. The van der Waals surface area contributed by atoms with Gasteiger partial charge in [0.1, 0.15) is 11.4 Å². The zero-order valence-corrected chi connectivity index (χ0v) is 21.0. The van der Waals surface area contributed by atoms with Crippen LogP contribution in [0.3, 0.4) is 0 Å². The fourth-order valence-corrected chi connectivity index (χ4v) is 5.29. The molecule has 180 valence electrons. The number of nitrogens with zero attached hydrogens (tertiary/aromatic N) is 3. The molecule has 0 saturated heterocycles. The van der Waals surface area contributed by atoms with E-state index in [1.54, 1.807) is 0 Å². The Morgan fingerprint density at radius 3 is 2.55 bits per heavy atom. The second kappa shape index (κ2) is 11.1. The third kappa shape index (κ3) is 7.10. The summed E-state index contributed by atoms with van der Waals surface area (Å²) in [5, 5.41) is 21.9. The van der Waals surface area contributed by atoms with E-state index in [1.165, 1.54) is 16.3 Å². The third-order valence-corrected chi connectivity index (χ3v) is 7.21. The van der Waals surface area contributed by atoms with E-state index in [-0.39, 0.29) is 22.7 Å². The van der Waals surface area contributed by atoms with Crippen molar-refractivity contribution in [3.8, 4) is 0 Å². The maximum atomic E-state index is 11.2. The van der Waals surface area contributed by atoms with E-state index in [4.69, 9.17) is 15.2 Å². The summed E-state index contributed by atoms with van der Waals surface area (Å²) in [7, 11) is -4.73. The Kier molecular flexibility index (Phi) is 8.68. The Hall–Kier alpha value is -1.79. The van der Waals surface area contributed by atoms with Gasteiger partial charge >= 0.3 is 7.82 Å². The Morgan fingerprint density at radius 1 is 1.24 bits per heavy atom. The third-order valence-electron chi connectivity index (χ3n) is 4.75. The molecule has 33 heavy (non-hydrogen) atoms. The van der Waals surface area contributed by atoms with Gasteiger partial charge in [-0.25, -0.2) is 14.5 Å². The molecule has 0 bridgehead atoms. The van der Waals surface area contributed by atoms with Gasteiger partial charge in [0.05, 0.1) is 12.6 Å². The van der Waals surface area contributed by atoms with Crippen LogP contribution in [-0.2, 0) is 15.8 Å². The predicted octanol–water partition coefficient (Wildman–Crippen LogP) is 3.71. The van der Waals surface area contributed by atoms with Crippen molar-refractivity contribution in [1.29, 1.82) is 5.41 Å². The first-order valence-corrected chi connectivity index (χ1v) is 13.5. The molecule has 13 heteroatoms. The van der Waals surface area contributed by atoms with E-state index in [9.17, 15) is 9.67 Å². The maximum Gasteiger partial charge on any atom is 0.471 e. The van der Waals surface area contributed by atoms with Gasteiger partial charge in [0.25, 0.3) is 0 Å². The Bertz CT molecular complexity index is 1180. The number of rotatable bonds is 11. The number of phosphoric ester groups is 1. The standard InChI is InChI=1S/C20H28N5O5PS2/c1-12(2)9-15(10-26)22-17-16-18(25(19(21)33-16)11-30-31(27,28)29)24-20(23-17)32-13(3)14-7-5-4-6-8-14/h4-8,12-13,15,21,26H,9-11H2,1-3H3,(H,22,23,24)(H2,27,28,29)/t13-,15?/m0/s1. The molecule has 5 N–H and O–H groups in total. The largest absolute Gasteiger partial charge is 0.471 e. The molecule has 0 aliphatic heterocycles. The fourth-order valence-electron chi connectivity index (χ4n) is 3.24. The molecule has 2 aromatic heterocycles. The highest BCUT2D eigenvalue weighted by molar-refractivity contribution is 7.99. The highest BCUT2D eigenvalue weighted by Crippen LogP contribution is 2.38. The number of thiazole rings is 1. The number of phosphoric acid groups is 1. The summed E-state index contributed by atoms with van der Waals surface area (Å²) in [4.78, 5) is 27.5. The van der Waals surface area contributed by atoms with E-state index in [0.29, 0.717) is 33.7 Å². The average Bonchev–Trinajstić information content (AvgIpc) is 3.06. The van der Waals surface area contributed by atoms with Gasteiger partial charge in [0.15, 0.2) is 21.4 Å². The first-order chi connectivity index (χ1) is 15.6. The molecular weight excluding hydrogens is 485 g/mol. The van der Waals surface area contributed by atoms with E-state index < -0.39 is 14.6 Å². The molecule has 0 radical (unpaired) electrons. The number of hydrogen-bond acceptors (Lipinski definition) is 9. The van der Waals surface area contributed by atoms with Gasteiger partial charge in [-0.15, -0.1) is 0 Å². The van der Waals surface area contributed by atoms with E-state index in [0.717, 1.165) is 16.9 Å². The Balaban J connectivity index is 2.04. The van der Waals surface area contributed by atoms with Gasteiger partial charge < -0.3 is 20.2 Å². The van der Waals surface area contributed by atoms with Crippen LogP contribution in [0.4, 0.5) is 5.82 Å². The minimum absolute atomic E-state index is 0.0125. The van der Waals surface area contributed by atoms with Crippen LogP contribution in [0.25, 0.3) is 10.3 Å². The van der Waals surface area contributed by atoms with Crippen LogP contribution in [0, 0.1) is 11.3 Å². The topological polar surface area (TPSA) is 154 Å². The number of aromatic nitrogens is 3. The van der Waals surface area contributed by atoms with Gasteiger partial charge in [0.2, 0.25) is 0 Å². The quantitative estimate of drug-likeness (QED) is 0.147. The van der Waals surface area contributed by atoms with Gasteiger partial charge in [-0.05, 0) is 24.8 Å². The normalized spacial score (nSPS) is 14.0. The SMILES string of the molecule is CC(C)CC(CO)Nc1nc(S[C@@H](C)c2ccccc2)nc2c1sc(=N)n2COP(=O)(O)O. The molecule has 0 aliphatic rings. The number of thioether (sulfide) groups is 1. The summed E-state index contributed by atoms with van der Waals surface area (Å²) in [5.74, 6) is 0.812. The van der Waals surface area contributed by atoms with Crippen molar-refractivity contribution >= 4 is 47.1 Å². The highest BCUT2D eigenvalue weighted by Gasteiger charge is 2.22. The van der Waals surface area contributed by atoms with Crippen molar-refractivity contribution in [2.45, 2.75) is 50.4 Å². The molecule has 0 amide bonds. The minimum Gasteiger partial charge on any atom is -0.394 e. The van der Waals surface area contributed by atoms with Crippen molar-refractivity contribution in [1.82, 2.24) is 14.5 Å². The van der Waals surface area contributed by atoms with E-state index >= 15 is 0 Å². The Labute approximate surface area is 199 Å². The number of fused-ring (bicyclic) bond motifs is 1. The average molecular weight is 514 g/mol. The molecule has 2 heterocycles. The Morgan fingerprint density at radius 2 is 1.94 bits per heavy atom. The van der Waals surface area contributed by atoms with Crippen molar-refractivity contribution in [2.75, 3.05) is 11.9 Å². The lowest BCUT2D eigenvalue weighted by atomic mass is 10.0. The molecular formula is C20H28N5O5PS2. The van der Waals surface area contributed by atoms with Crippen LogP contribution < -0.4 is 10.1 Å². The van der Waals surface area contributed by atoms with Crippen LogP contribution >= 0.6 is 30.9 Å². The van der Waals surface area contributed by atoms with Crippen LogP contribution in [0.15, 0.2) is 35.5 Å². The van der Waals surface area contributed by atoms with Crippen LogP contribution in [0.2, 0.25) is 0 Å². The van der Waals surface area contributed by atoms with Crippen LogP contribution in [0.5, 0.6) is 0 Å². The van der Waals surface area contributed by atoms with Gasteiger partial charge in [-0.3, -0.25) is 14.5 Å². The van der Waals surface area contributed by atoms with Crippen molar-refractivity contribution in [2.24, 2.45) is 5.92 Å². The monoisotopic (exact) mass is 513 g/mol.